The number of carbonyl (C=O) groups is 2. The van der Waals surface area contributed by atoms with Gasteiger partial charge in [0.1, 0.15) is 11.8 Å². The first-order chi connectivity index (χ1) is 18.2. The number of rotatable bonds is 13. The highest BCUT2D eigenvalue weighted by Gasteiger charge is 2.30. The van der Waals surface area contributed by atoms with Gasteiger partial charge in [-0.2, -0.15) is 0 Å². The van der Waals surface area contributed by atoms with Crippen LogP contribution in [0.1, 0.15) is 37.8 Å². The molecule has 1 N–H and O–H groups in total. The molecule has 1 unspecified atom stereocenters. The SMILES string of the molecule is CC(C)CNC(=O)C(Cc1ccccc1)N(Cc1ccc(Cl)cc1Cl)C(=O)CCCOc1ccc(Cl)cc1. The maximum absolute atomic E-state index is 13.7. The van der Waals surface area contributed by atoms with E-state index in [2.05, 4.69) is 5.32 Å². The minimum Gasteiger partial charge on any atom is -0.494 e. The third-order valence-electron chi connectivity index (χ3n) is 5.93. The monoisotopic (exact) mass is 574 g/mol. The highest BCUT2D eigenvalue weighted by molar-refractivity contribution is 6.35. The summed E-state index contributed by atoms with van der Waals surface area (Å²) in [7, 11) is 0. The van der Waals surface area contributed by atoms with Crippen LogP contribution in [0.4, 0.5) is 0 Å². The van der Waals surface area contributed by atoms with Crippen LogP contribution in [-0.2, 0) is 22.6 Å². The molecule has 0 aliphatic rings. The molecule has 0 aliphatic carbocycles. The molecule has 3 aromatic rings. The van der Waals surface area contributed by atoms with E-state index in [0.717, 1.165) is 11.1 Å². The van der Waals surface area contributed by atoms with Gasteiger partial charge in [0.05, 0.1) is 6.61 Å². The van der Waals surface area contributed by atoms with Crippen molar-refractivity contribution in [2.24, 2.45) is 5.92 Å². The summed E-state index contributed by atoms with van der Waals surface area (Å²) in [5, 5.41) is 4.60. The predicted octanol–water partition coefficient (Wildman–Crippen LogP) is 7.22. The van der Waals surface area contributed by atoms with Crippen LogP contribution >= 0.6 is 34.8 Å². The molecule has 0 aromatic heterocycles. The van der Waals surface area contributed by atoms with E-state index in [9.17, 15) is 9.59 Å². The molecule has 202 valence electrons. The minimum atomic E-state index is -0.715. The van der Waals surface area contributed by atoms with Crippen molar-refractivity contribution in [3.05, 3.63) is 99.0 Å². The minimum absolute atomic E-state index is 0.156. The quantitative estimate of drug-likeness (QED) is 0.219. The van der Waals surface area contributed by atoms with E-state index in [-0.39, 0.29) is 30.7 Å². The van der Waals surface area contributed by atoms with Gasteiger partial charge in [-0.3, -0.25) is 9.59 Å². The van der Waals surface area contributed by atoms with Crippen LogP contribution in [0.3, 0.4) is 0 Å². The van der Waals surface area contributed by atoms with E-state index in [4.69, 9.17) is 39.5 Å². The first-order valence-corrected chi connectivity index (χ1v) is 13.8. The number of nitrogens with zero attached hydrogens (tertiary/aromatic N) is 1. The summed E-state index contributed by atoms with van der Waals surface area (Å²) in [5.41, 5.74) is 1.68. The Balaban J connectivity index is 1.81. The molecule has 0 saturated heterocycles. The third-order valence-corrected chi connectivity index (χ3v) is 6.77. The van der Waals surface area contributed by atoms with E-state index in [1.807, 2.05) is 44.2 Å². The topological polar surface area (TPSA) is 58.6 Å². The number of hydrogen-bond acceptors (Lipinski definition) is 3. The predicted molar refractivity (Wildman–Crippen MR) is 155 cm³/mol. The zero-order valence-electron chi connectivity index (χ0n) is 21.6. The summed E-state index contributed by atoms with van der Waals surface area (Å²) in [6.07, 6.45) is 1.07. The van der Waals surface area contributed by atoms with Gasteiger partial charge in [0, 0.05) is 41.0 Å². The highest BCUT2D eigenvalue weighted by Crippen LogP contribution is 2.25. The third kappa shape index (κ3) is 9.54. The number of halogens is 3. The van der Waals surface area contributed by atoms with Crippen molar-refractivity contribution in [3.8, 4) is 5.75 Å². The zero-order valence-corrected chi connectivity index (χ0v) is 23.9. The Hall–Kier alpha value is -2.73. The summed E-state index contributed by atoms with van der Waals surface area (Å²) in [4.78, 5) is 28.8. The number of ether oxygens (including phenoxy) is 1. The number of nitrogens with one attached hydrogen (secondary N) is 1. The summed E-state index contributed by atoms with van der Waals surface area (Å²) < 4.78 is 5.77. The van der Waals surface area contributed by atoms with Crippen molar-refractivity contribution < 1.29 is 14.3 Å². The second-order valence-corrected chi connectivity index (χ2v) is 10.8. The van der Waals surface area contributed by atoms with E-state index < -0.39 is 6.04 Å². The van der Waals surface area contributed by atoms with Gasteiger partial charge in [-0.25, -0.2) is 0 Å². The fourth-order valence-corrected chi connectivity index (χ4v) is 4.49. The van der Waals surface area contributed by atoms with Gasteiger partial charge in [-0.15, -0.1) is 0 Å². The van der Waals surface area contributed by atoms with Gasteiger partial charge in [0.25, 0.3) is 0 Å². The molecule has 0 saturated carbocycles. The standard InChI is InChI=1S/C30H33Cl3N2O3/c1-21(2)19-34-30(37)28(17-22-7-4-3-5-8-22)35(20-23-10-11-25(32)18-27(23)33)29(36)9-6-16-38-26-14-12-24(31)13-15-26/h3-5,7-8,10-15,18,21,28H,6,9,16-17,19-20H2,1-2H3,(H,34,37). The molecular weight excluding hydrogens is 543 g/mol. The maximum atomic E-state index is 13.7. The Bertz CT molecular complexity index is 1190. The smallest absolute Gasteiger partial charge is 0.243 e. The van der Waals surface area contributed by atoms with Crippen LogP contribution < -0.4 is 10.1 Å². The molecule has 3 rings (SSSR count). The second-order valence-electron chi connectivity index (χ2n) is 9.51. The number of hydrogen-bond donors (Lipinski definition) is 1. The Morgan fingerprint density at radius 2 is 1.61 bits per heavy atom. The Morgan fingerprint density at radius 1 is 0.921 bits per heavy atom. The first-order valence-electron chi connectivity index (χ1n) is 12.7. The molecule has 2 amide bonds. The molecular formula is C30H33Cl3N2O3. The molecule has 38 heavy (non-hydrogen) atoms. The lowest BCUT2D eigenvalue weighted by Gasteiger charge is -2.32. The van der Waals surface area contributed by atoms with Crippen LogP contribution in [0.5, 0.6) is 5.75 Å². The molecule has 0 radical (unpaired) electrons. The average Bonchev–Trinajstić information content (AvgIpc) is 2.89. The first kappa shape index (κ1) is 29.8. The lowest BCUT2D eigenvalue weighted by molar-refractivity contribution is -0.141. The van der Waals surface area contributed by atoms with E-state index in [1.54, 1.807) is 47.4 Å². The van der Waals surface area contributed by atoms with Crippen molar-refractivity contribution in [2.75, 3.05) is 13.2 Å². The fourth-order valence-electron chi connectivity index (χ4n) is 3.90. The van der Waals surface area contributed by atoms with Gasteiger partial charge in [0.15, 0.2) is 0 Å². The number of benzene rings is 3. The second kappa shape index (κ2) is 15.0. The average molecular weight is 576 g/mol. The molecule has 3 aromatic carbocycles. The molecule has 0 bridgehead atoms. The maximum Gasteiger partial charge on any atom is 0.243 e. The Labute approximate surface area is 240 Å². The van der Waals surface area contributed by atoms with Gasteiger partial charge in [-0.05, 0) is 59.9 Å². The Morgan fingerprint density at radius 3 is 2.26 bits per heavy atom. The highest BCUT2D eigenvalue weighted by atomic mass is 35.5. The summed E-state index contributed by atoms with van der Waals surface area (Å²) in [6, 6.07) is 21.2. The van der Waals surface area contributed by atoms with Crippen LogP contribution in [0.2, 0.25) is 15.1 Å². The van der Waals surface area contributed by atoms with E-state index in [1.165, 1.54) is 0 Å². The van der Waals surface area contributed by atoms with Gasteiger partial charge >= 0.3 is 0 Å². The van der Waals surface area contributed by atoms with Crippen molar-refractivity contribution in [1.29, 1.82) is 0 Å². The number of carbonyl (C=O) groups excluding carboxylic acids is 2. The molecule has 5 nitrogen and oxygen atoms in total. The van der Waals surface area contributed by atoms with Crippen molar-refractivity contribution >= 4 is 46.6 Å². The van der Waals surface area contributed by atoms with Crippen molar-refractivity contribution in [1.82, 2.24) is 10.2 Å². The van der Waals surface area contributed by atoms with E-state index >= 15 is 0 Å². The molecule has 0 heterocycles. The molecule has 1 atom stereocenters. The van der Waals surface area contributed by atoms with Crippen LogP contribution in [-0.4, -0.2) is 35.9 Å². The summed E-state index contributed by atoms with van der Waals surface area (Å²) >= 11 is 18.5. The van der Waals surface area contributed by atoms with Crippen molar-refractivity contribution in [3.63, 3.8) is 0 Å². The van der Waals surface area contributed by atoms with Gasteiger partial charge in [0.2, 0.25) is 11.8 Å². The molecule has 0 fully saturated rings. The fraction of sp³-hybridized carbons (Fsp3) is 0.333. The molecule has 8 heteroatoms. The lowest BCUT2D eigenvalue weighted by Crippen LogP contribution is -2.51. The molecule has 0 aliphatic heterocycles. The van der Waals surface area contributed by atoms with Crippen molar-refractivity contribution in [2.45, 2.75) is 45.7 Å². The van der Waals surface area contributed by atoms with Crippen LogP contribution in [0, 0.1) is 5.92 Å². The Kier molecular flexibility index (Phi) is 11.8. The lowest BCUT2D eigenvalue weighted by atomic mass is 10.0. The zero-order chi connectivity index (χ0) is 27.5. The van der Waals surface area contributed by atoms with Gasteiger partial charge < -0.3 is 15.0 Å². The summed E-state index contributed by atoms with van der Waals surface area (Å²) in [5.74, 6) is 0.604. The van der Waals surface area contributed by atoms with Crippen LogP contribution in [0.15, 0.2) is 72.8 Å². The largest absolute Gasteiger partial charge is 0.494 e. The van der Waals surface area contributed by atoms with Gasteiger partial charge in [-0.1, -0.05) is 85.0 Å². The van der Waals surface area contributed by atoms with E-state index in [0.29, 0.717) is 46.8 Å². The van der Waals surface area contributed by atoms with Crippen LogP contribution in [0.25, 0.3) is 0 Å². The number of amides is 2. The summed E-state index contributed by atoms with van der Waals surface area (Å²) in [6.45, 7) is 5.11. The normalized spacial score (nSPS) is 11.7. The molecule has 0 spiro atoms.